The fourth-order valence-electron chi connectivity index (χ4n) is 4.73. The van der Waals surface area contributed by atoms with Gasteiger partial charge in [-0.25, -0.2) is 8.42 Å². The van der Waals surface area contributed by atoms with Crippen LogP contribution in [0.15, 0.2) is 108 Å². The highest BCUT2D eigenvalue weighted by molar-refractivity contribution is 7.92. The first-order valence-corrected chi connectivity index (χ1v) is 16.5. The van der Waals surface area contributed by atoms with Crippen LogP contribution < -0.4 is 9.62 Å². The lowest BCUT2D eigenvalue weighted by atomic mass is 10.0. The van der Waals surface area contributed by atoms with Crippen molar-refractivity contribution >= 4 is 50.7 Å². The molecule has 0 saturated heterocycles. The van der Waals surface area contributed by atoms with Crippen LogP contribution in [-0.2, 0) is 32.6 Å². The van der Waals surface area contributed by atoms with E-state index in [-0.39, 0.29) is 29.5 Å². The monoisotopic (exact) mass is 651 g/mol. The maximum atomic E-state index is 14.4. The fourth-order valence-corrected chi connectivity index (χ4v) is 6.48. The molecule has 0 fully saturated rings. The van der Waals surface area contributed by atoms with E-state index in [0.29, 0.717) is 28.6 Å². The van der Waals surface area contributed by atoms with Gasteiger partial charge in [-0.05, 0) is 73.0 Å². The molecule has 1 unspecified atom stereocenters. The Balaban J connectivity index is 1.79. The summed E-state index contributed by atoms with van der Waals surface area (Å²) < 4.78 is 29.2. The molecule has 44 heavy (non-hydrogen) atoms. The molecule has 0 radical (unpaired) electrons. The molecule has 0 aromatic heterocycles. The van der Waals surface area contributed by atoms with E-state index in [0.717, 1.165) is 15.4 Å². The van der Waals surface area contributed by atoms with Crippen molar-refractivity contribution in [2.45, 2.75) is 44.2 Å². The van der Waals surface area contributed by atoms with Gasteiger partial charge >= 0.3 is 0 Å². The SMILES string of the molecule is CCCNC(=O)C(Cc1ccccc1)N(Cc1cccc(Cl)c1)C(=O)CN(c1ccc(Cl)cc1)S(=O)(=O)c1ccc(C)cc1. The second-order valence-electron chi connectivity index (χ2n) is 10.4. The lowest BCUT2D eigenvalue weighted by molar-refractivity contribution is -0.140. The Morgan fingerprint density at radius 3 is 2.11 bits per heavy atom. The summed E-state index contributed by atoms with van der Waals surface area (Å²) in [6, 6.07) is 28.2. The predicted molar refractivity (Wildman–Crippen MR) is 176 cm³/mol. The topological polar surface area (TPSA) is 86.8 Å². The molecular weight excluding hydrogens is 617 g/mol. The zero-order chi connectivity index (χ0) is 31.7. The molecule has 4 rings (SSSR count). The van der Waals surface area contributed by atoms with Crippen molar-refractivity contribution in [3.05, 3.63) is 130 Å². The van der Waals surface area contributed by atoms with E-state index in [4.69, 9.17) is 23.2 Å². The molecule has 7 nitrogen and oxygen atoms in total. The van der Waals surface area contributed by atoms with Gasteiger partial charge in [0.25, 0.3) is 10.0 Å². The summed E-state index contributed by atoms with van der Waals surface area (Å²) in [6.07, 6.45) is 0.944. The number of benzene rings is 4. The van der Waals surface area contributed by atoms with Gasteiger partial charge in [0.1, 0.15) is 12.6 Å². The number of amides is 2. The van der Waals surface area contributed by atoms with Gasteiger partial charge in [-0.2, -0.15) is 0 Å². The third-order valence-corrected chi connectivity index (χ3v) is 9.34. The van der Waals surface area contributed by atoms with Gasteiger partial charge in [0.2, 0.25) is 11.8 Å². The Hall–Kier alpha value is -3.85. The van der Waals surface area contributed by atoms with Crippen molar-refractivity contribution in [1.29, 1.82) is 0 Å². The van der Waals surface area contributed by atoms with Crippen molar-refractivity contribution in [1.82, 2.24) is 10.2 Å². The standard InChI is InChI=1S/C34H35Cl2N3O4S/c1-3-20-37-34(41)32(22-26-8-5-4-6-9-26)38(23-27-10-7-11-29(36)21-27)33(40)24-39(30-16-14-28(35)15-17-30)44(42,43)31-18-12-25(2)13-19-31/h4-19,21,32H,3,20,22-24H2,1-2H3,(H,37,41). The summed E-state index contributed by atoms with van der Waals surface area (Å²) in [5.41, 5.74) is 2.72. The van der Waals surface area contributed by atoms with Gasteiger partial charge in [-0.3, -0.25) is 13.9 Å². The lowest BCUT2D eigenvalue weighted by Gasteiger charge is -2.34. The number of carbonyl (C=O) groups excluding carboxylic acids is 2. The number of halogens is 2. The Labute approximate surface area is 269 Å². The number of hydrogen-bond acceptors (Lipinski definition) is 4. The fraction of sp³-hybridized carbons (Fsp3) is 0.235. The molecule has 0 saturated carbocycles. The Kier molecular flexibility index (Phi) is 11.4. The zero-order valence-electron chi connectivity index (χ0n) is 24.6. The lowest BCUT2D eigenvalue weighted by Crippen LogP contribution is -2.53. The van der Waals surface area contributed by atoms with Gasteiger partial charge in [-0.15, -0.1) is 0 Å². The van der Waals surface area contributed by atoms with Crippen molar-refractivity contribution in [3.8, 4) is 0 Å². The van der Waals surface area contributed by atoms with E-state index in [2.05, 4.69) is 5.32 Å². The van der Waals surface area contributed by atoms with Crippen LogP contribution in [0.4, 0.5) is 5.69 Å². The molecule has 4 aromatic carbocycles. The predicted octanol–water partition coefficient (Wildman–Crippen LogP) is 6.66. The Bertz CT molecular complexity index is 1670. The van der Waals surface area contributed by atoms with Crippen LogP contribution in [0.2, 0.25) is 10.0 Å². The third-order valence-electron chi connectivity index (χ3n) is 7.06. The van der Waals surface area contributed by atoms with Crippen LogP contribution in [0.3, 0.4) is 0 Å². The highest BCUT2D eigenvalue weighted by atomic mass is 35.5. The number of nitrogens with zero attached hydrogens (tertiary/aromatic N) is 2. The first-order valence-electron chi connectivity index (χ1n) is 14.3. The molecule has 0 aliphatic heterocycles. The Morgan fingerprint density at radius 2 is 1.48 bits per heavy atom. The molecule has 10 heteroatoms. The third kappa shape index (κ3) is 8.62. The average Bonchev–Trinajstić information content (AvgIpc) is 3.01. The van der Waals surface area contributed by atoms with E-state index in [1.807, 2.05) is 50.2 Å². The maximum Gasteiger partial charge on any atom is 0.264 e. The van der Waals surface area contributed by atoms with Gasteiger partial charge in [0, 0.05) is 29.6 Å². The van der Waals surface area contributed by atoms with E-state index in [9.17, 15) is 18.0 Å². The summed E-state index contributed by atoms with van der Waals surface area (Å²) in [4.78, 5) is 29.6. The largest absolute Gasteiger partial charge is 0.354 e. The number of hydrogen-bond donors (Lipinski definition) is 1. The van der Waals surface area contributed by atoms with Gasteiger partial charge < -0.3 is 10.2 Å². The highest BCUT2D eigenvalue weighted by Gasteiger charge is 2.34. The summed E-state index contributed by atoms with van der Waals surface area (Å²) in [6.45, 7) is 3.73. The molecule has 0 bridgehead atoms. The quantitative estimate of drug-likeness (QED) is 0.175. The minimum Gasteiger partial charge on any atom is -0.354 e. The van der Waals surface area contributed by atoms with Crippen molar-refractivity contribution in [2.24, 2.45) is 0 Å². The number of sulfonamides is 1. The molecule has 230 valence electrons. The average molecular weight is 653 g/mol. The number of carbonyl (C=O) groups is 2. The van der Waals surface area contributed by atoms with E-state index >= 15 is 0 Å². The van der Waals surface area contributed by atoms with Crippen LogP contribution in [-0.4, -0.2) is 44.3 Å². The molecule has 2 amide bonds. The second kappa shape index (κ2) is 15.2. The van der Waals surface area contributed by atoms with Crippen LogP contribution in [0.1, 0.15) is 30.0 Å². The Morgan fingerprint density at radius 1 is 0.818 bits per heavy atom. The molecular formula is C34H35Cl2N3O4S. The molecule has 1 atom stereocenters. The number of anilines is 1. The molecule has 0 spiro atoms. The number of rotatable bonds is 13. The van der Waals surface area contributed by atoms with Gasteiger partial charge in [0.15, 0.2) is 0 Å². The highest BCUT2D eigenvalue weighted by Crippen LogP contribution is 2.27. The van der Waals surface area contributed by atoms with Gasteiger partial charge in [-0.1, -0.05) is 90.3 Å². The summed E-state index contributed by atoms with van der Waals surface area (Å²) in [5, 5.41) is 3.84. The van der Waals surface area contributed by atoms with Crippen LogP contribution in [0, 0.1) is 6.92 Å². The first-order chi connectivity index (χ1) is 21.1. The van der Waals surface area contributed by atoms with Crippen molar-refractivity contribution in [3.63, 3.8) is 0 Å². The summed E-state index contributed by atoms with van der Waals surface area (Å²) in [7, 11) is -4.19. The van der Waals surface area contributed by atoms with Crippen LogP contribution in [0.5, 0.6) is 0 Å². The summed E-state index contributed by atoms with van der Waals surface area (Å²) in [5.74, 6) is -0.881. The van der Waals surface area contributed by atoms with E-state index < -0.39 is 28.5 Å². The van der Waals surface area contributed by atoms with Crippen molar-refractivity contribution < 1.29 is 18.0 Å². The minimum absolute atomic E-state index is 0.0359. The molecule has 0 aliphatic carbocycles. The molecule has 4 aromatic rings. The minimum atomic E-state index is -4.19. The van der Waals surface area contributed by atoms with E-state index in [1.165, 1.54) is 17.0 Å². The second-order valence-corrected chi connectivity index (χ2v) is 13.2. The molecule has 0 aliphatic rings. The number of nitrogens with one attached hydrogen (secondary N) is 1. The van der Waals surface area contributed by atoms with Crippen LogP contribution >= 0.6 is 23.2 Å². The van der Waals surface area contributed by atoms with Crippen LogP contribution in [0.25, 0.3) is 0 Å². The molecule has 1 N–H and O–H groups in total. The van der Waals surface area contributed by atoms with Crippen molar-refractivity contribution in [2.75, 3.05) is 17.4 Å². The van der Waals surface area contributed by atoms with Gasteiger partial charge in [0.05, 0.1) is 10.6 Å². The van der Waals surface area contributed by atoms with E-state index in [1.54, 1.807) is 54.6 Å². The number of aryl methyl sites for hydroxylation is 1. The molecule has 0 heterocycles. The zero-order valence-corrected chi connectivity index (χ0v) is 26.9. The maximum absolute atomic E-state index is 14.4. The smallest absolute Gasteiger partial charge is 0.264 e. The summed E-state index contributed by atoms with van der Waals surface area (Å²) >= 11 is 12.4. The first kappa shape index (κ1) is 33.1. The normalized spacial score (nSPS) is 11.9.